The Morgan fingerprint density at radius 3 is 2.29 bits per heavy atom. The molecule has 0 aromatic heterocycles. The molecule has 0 radical (unpaired) electrons. The summed E-state index contributed by atoms with van der Waals surface area (Å²) in [7, 11) is 3.94. The van der Waals surface area contributed by atoms with Crippen molar-refractivity contribution in [3.05, 3.63) is 41.1 Å². The van der Waals surface area contributed by atoms with Gasteiger partial charge in [-0.05, 0) is 26.2 Å². The van der Waals surface area contributed by atoms with Gasteiger partial charge >= 0.3 is 0 Å². The summed E-state index contributed by atoms with van der Waals surface area (Å²) in [6, 6.07) is 9.81. The largest absolute Gasteiger partial charge is 0.785 e. The van der Waals surface area contributed by atoms with Gasteiger partial charge in [0.05, 0.1) is 0 Å². The average molecular weight is 193 g/mol. The predicted octanol–water partition coefficient (Wildman–Crippen LogP) is 1.55. The molecule has 3 heteroatoms. The highest BCUT2D eigenvalue weighted by Gasteiger charge is 1.95. The van der Waals surface area contributed by atoms with Crippen LogP contribution in [0, 0.1) is 5.21 Å². The topological polar surface area (TPSA) is 29.5 Å². The number of nitrogens with zero attached hydrogens (tertiary/aromatic N) is 2. The van der Waals surface area contributed by atoms with E-state index in [4.69, 9.17) is 0 Å². The Morgan fingerprint density at radius 2 is 1.71 bits per heavy atom. The molecule has 0 aliphatic carbocycles. The summed E-state index contributed by atoms with van der Waals surface area (Å²) in [5.74, 6) is 0. The molecule has 0 fully saturated rings. The molecular formula is C11H17N2O-. The summed E-state index contributed by atoms with van der Waals surface area (Å²) >= 11 is 0. The third kappa shape index (κ3) is 4.37. The fourth-order valence-corrected chi connectivity index (χ4v) is 1.18. The summed E-state index contributed by atoms with van der Waals surface area (Å²) in [6.45, 7) is 1.84. The van der Waals surface area contributed by atoms with Crippen LogP contribution in [0.5, 0.6) is 0 Å². The highest BCUT2D eigenvalue weighted by molar-refractivity contribution is 5.14. The van der Waals surface area contributed by atoms with Crippen LogP contribution in [0.4, 0.5) is 0 Å². The Hall–Kier alpha value is -0.900. The van der Waals surface area contributed by atoms with E-state index in [2.05, 4.69) is 0 Å². The van der Waals surface area contributed by atoms with Crippen molar-refractivity contribution in [1.82, 2.24) is 9.96 Å². The molecule has 1 aromatic carbocycles. The van der Waals surface area contributed by atoms with Crippen molar-refractivity contribution < 1.29 is 0 Å². The monoisotopic (exact) mass is 193 g/mol. The van der Waals surface area contributed by atoms with Crippen LogP contribution >= 0.6 is 0 Å². The van der Waals surface area contributed by atoms with Crippen molar-refractivity contribution >= 4 is 0 Å². The van der Waals surface area contributed by atoms with Crippen molar-refractivity contribution in [1.29, 1.82) is 0 Å². The molecule has 0 bridgehead atoms. The molecule has 0 saturated heterocycles. The van der Waals surface area contributed by atoms with Crippen LogP contribution in [0.15, 0.2) is 30.3 Å². The van der Waals surface area contributed by atoms with Gasteiger partial charge in [0.1, 0.15) is 0 Å². The van der Waals surface area contributed by atoms with Gasteiger partial charge in [0.25, 0.3) is 0 Å². The van der Waals surface area contributed by atoms with Crippen LogP contribution in [0.3, 0.4) is 0 Å². The molecule has 0 atom stereocenters. The van der Waals surface area contributed by atoms with Gasteiger partial charge in [0, 0.05) is 13.1 Å². The fourth-order valence-electron chi connectivity index (χ4n) is 1.18. The normalized spacial score (nSPS) is 11.2. The van der Waals surface area contributed by atoms with Crippen molar-refractivity contribution in [2.24, 2.45) is 0 Å². The Balaban J connectivity index is 2.30. The summed E-state index contributed by atoms with van der Waals surface area (Å²) in [5, 5.41) is 12.5. The van der Waals surface area contributed by atoms with E-state index in [1.54, 1.807) is 0 Å². The molecule has 0 aliphatic heterocycles. The molecule has 0 spiro atoms. The molecule has 0 heterocycles. The molecule has 14 heavy (non-hydrogen) atoms. The zero-order chi connectivity index (χ0) is 10.4. The van der Waals surface area contributed by atoms with Gasteiger partial charge in [0.2, 0.25) is 0 Å². The van der Waals surface area contributed by atoms with Gasteiger partial charge in [-0.1, -0.05) is 30.3 Å². The SMILES string of the molecule is CN(C)CCN([O-])Cc1ccccc1. The van der Waals surface area contributed by atoms with Gasteiger partial charge in [0.15, 0.2) is 0 Å². The summed E-state index contributed by atoms with van der Waals surface area (Å²) < 4.78 is 0. The van der Waals surface area contributed by atoms with E-state index in [9.17, 15) is 5.21 Å². The van der Waals surface area contributed by atoms with Gasteiger partial charge in [-0.2, -0.15) is 0 Å². The van der Waals surface area contributed by atoms with Crippen LogP contribution in [0.1, 0.15) is 5.56 Å². The molecule has 0 amide bonds. The average Bonchev–Trinajstić information content (AvgIpc) is 2.16. The van der Waals surface area contributed by atoms with Gasteiger partial charge in [-0.15, -0.1) is 0 Å². The third-order valence-electron chi connectivity index (χ3n) is 2.00. The number of hydroxylamine groups is 2. The fraction of sp³-hybridized carbons (Fsp3) is 0.455. The number of likely N-dealkylation sites (N-methyl/N-ethyl adjacent to an activating group) is 1. The Bertz CT molecular complexity index is 249. The minimum absolute atomic E-state index is 0.481. The van der Waals surface area contributed by atoms with Crippen molar-refractivity contribution in [2.45, 2.75) is 6.54 Å². The number of hydrogen-bond acceptors (Lipinski definition) is 3. The first-order valence-electron chi connectivity index (χ1n) is 4.79. The molecule has 1 rings (SSSR count). The predicted molar refractivity (Wildman–Crippen MR) is 58.8 cm³/mol. The number of benzene rings is 1. The Kier molecular flexibility index (Phi) is 4.59. The quantitative estimate of drug-likeness (QED) is 0.664. The maximum atomic E-state index is 11.4. The Labute approximate surface area is 85.5 Å². The molecular weight excluding hydrogens is 176 g/mol. The van der Waals surface area contributed by atoms with E-state index >= 15 is 0 Å². The highest BCUT2D eigenvalue weighted by atomic mass is 16.5. The summed E-state index contributed by atoms with van der Waals surface area (Å²) in [5.41, 5.74) is 1.07. The van der Waals surface area contributed by atoms with E-state index in [-0.39, 0.29) is 0 Å². The van der Waals surface area contributed by atoms with Crippen molar-refractivity contribution in [2.75, 3.05) is 27.2 Å². The molecule has 0 unspecified atom stereocenters. The molecule has 78 valence electrons. The minimum Gasteiger partial charge on any atom is -0.785 e. The summed E-state index contributed by atoms with van der Waals surface area (Å²) in [4.78, 5) is 2.01. The van der Waals surface area contributed by atoms with Crippen molar-refractivity contribution in [3.8, 4) is 0 Å². The summed E-state index contributed by atoms with van der Waals surface area (Å²) in [6.07, 6.45) is 0. The Morgan fingerprint density at radius 1 is 1.07 bits per heavy atom. The van der Waals surface area contributed by atoms with E-state index in [0.29, 0.717) is 13.1 Å². The number of rotatable bonds is 5. The van der Waals surface area contributed by atoms with E-state index in [0.717, 1.165) is 17.2 Å². The molecule has 0 saturated carbocycles. The third-order valence-corrected chi connectivity index (χ3v) is 2.00. The van der Waals surface area contributed by atoms with Crippen LogP contribution < -0.4 is 0 Å². The first-order valence-corrected chi connectivity index (χ1v) is 4.79. The second-order valence-electron chi connectivity index (χ2n) is 3.65. The first kappa shape index (κ1) is 11.2. The molecule has 3 nitrogen and oxygen atoms in total. The maximum absolute atomic E-state index is 11.4. The second kappa shape index (κ2) is 5.75. The van der Waals surface area contributed by atoms with Gasteiger partial charge in [-0.3, -0.25) is 0 Å². The van der Waals surface area contributed by atoms with Gasteiger partial charge in [-0.25, -0.2) is 0 Å². The molecule has 0 N–H and O–H groups in total. The van der Waals surface area contributed by atoms with Crippen molar-refractivity contribution in [3.63, 3.8) is 0 Å². The van der Waals surface area contributed by atoms with Crippen LogP contribution in [-0.4, -0.2) is 37.1 Å². The van der Waals surface area contributed by atoms with E-state index in [1.165, 1.54) is 0 Å². The lowest BCUT2D eigenvalue weighted by Gasteiger charge is -2.29. The van der Waals surface area contributed by atoms with Crippen LogP contribution in [0.25, 0.3) is 0 Å². The molecule has 0 aliphatic rings. The smallest absolute Gasteiger partial charge is 0.0114 e. The van der Waals surface area contributed by atoms with Gasteiger partial charge < -0.3 is 15.2 Å². The lowest BCUT2D eigenvalue weighted by atomic mass is 10.2. The lowest BCUT2D eigenvalue weighted by Crippen LogP contribution is -2.27. The van der Waals surface area contributed by atoms with Crippen LogP contribution in [0.2, 0.25) is 0 Å². The number of hydrogen-bond donors (Lipinski definition) is 0. The van der Waals surface area contributed by atoms with Crippen LogP contribution in [-0.2, 0) is 6.54 Å². The highest BCUT2D eigenvalue weighted by Crippen LogP contribution is 2.02. The minimum atomic E-state index is 0.481. The zero-order valence-corrected chi connectivity index (χ0v) is 8.81. The second-order valence-corrected chi connectivity index (χ2v) is 3.65. The molecule has 1 aromatic rings. The zero-order valence-electron chi connectivity index (χ0n) is 8.81. The standard InChI is InChI=1S/C11H17N2O/c1-12(2)8-9-13(14)10-11-6-4-3-5-7-11/h3-7H,8-10H2,1-2H3/q-1. The van der Waals surface area contributed by atoms with E-state index in [1.807, 2.05) is 49.3 Å². The van der Waals surface area contributed by atoms with E-state index < -0.39 is 0 Å². The first-order chi connectivity index (χ1) is 6.68. The maximum Gasteiger partial charge on any atom is 0.0114 e. The lowest BCUT2D eigenvalue weighted by molar-refractivity contribution is 0.303.